The molecule has 0 fully saturated rings. The molecule has 0 aliphatic rings. The normalized spacial score (nSPS) is 10.4. The van der Waals surface area contributed by atoms with E-state index < -0.39 is 5.97 Å². The molecule has 0 aliphatic heterocycles. The Balaban J connectivity index is 2.35. The maximum atomic E-state index is 11.1. The lowest BCUT2D eigenvalue weighted by Gasteiger charge is -2.09. The van der Waals surface area contributed by atoms with Gasteiger partial charge in [0.25, 0.3) is 0 Å². The van der Waals surface area contributed by atoms with Gasteiger partial charge in [-0.2, -0.15) is 5.10 Å². The van der Waals surface area contributed by atoms with Crippen LogP contribution in [0, 0.1) is 0 Å². The number of carboxylic acid groups (broad SMARTS) is 1. The van der Waals surface area contributed by atoms with Crippen molar-refractivity contribution < 1.29 is 19.7 Å². The molecule has 2 N–H and O–H groups in total. The summed E-state index contributed by atoms with van der Waals surface area (Å²) in [5.74, 6) is -0.923. The molecule has 19 heavy (non-hydrogen) atoms. The zero-order chi connectivity index (χ0) is 13.7. The van der Waals surface area contributed by atoms with Crippen LogP contribution in [0.1, 0.15) is 16.8 Å². The van der Waals surface area contributed by atoms with E-state index in [0.29, 0.717) is 12.1 Å². The van der Waals surface area contributed by atoms with Crippen LogP contribution in [0.3, 0.4) is 0 Å². The molecule has 2 aromatic rings. The van der Waals surface area contributed by atoms with Crippen molar-refractivity contribution in [3.63, 3.8) is 0 Å². The number of aromatic nitrogens is 2. The van der Waals surface area contributed by atoms with Gasteiger partial charge in [0.1, 0.15) is 5.56 Å². The summed E-state index contributed by atoms with van der Waals surface area (Å²) >= 11 is 0. The Morgan fingerprint density at radius 1 is 1.32 bits per heavy atom. The zero-order valence-electron chi connectivity index (χ0n) is 10.2. The zero-order valence-corrected chi connectivity index (χ0v) is 10.2. The fraction of sp³-hybridized carbons (Fsp3) is 0.231. The van der Waals surface area contributed by atoms with Crippen molar-refractivity contribution in [2.75, 3.05) is 13.2 Å². The summed E-state index contributed by atoms with van der Waals surface area (Å²) in [7, 11) is 0. The molecule has 6 heteroatoms. The first-order valence-corrected chi connectivity index (χ1v) is 5.84. The van der Waals surface area contributed by atoms with Crippen LogP contribution >= 0.6 is 0 Å². The highest BCUT2D eigenvalue weighted by Crippen LogP contribution is 2.22. The van der Waals surface area contributed by atoms with Crippen LogP contribution in [0.15, 0.2) is 36.5 Å². The topological polar surface area (TPSA) is 84.6 Å². The average Bonchev–Trinajstić information content (AvgIpc) is 2.84. The van der Waals surface area contributed by atoms with Crippen LogP contribution in [-0.2, 0) is 0 Å². The Kier molecular flexibility index (Phi) is 4.15. The van der Waals surface area contributed by atoms with Gasteiger partial charge in [-0.1, -0.05) is 18.2 Å². The SMILES string of the molecule is O=C(O)c1cnn(-c2ccccc2)c1OCCCO. The summed E-state index contributed by atoms with van der Waals surface area (Å²) in [5, 5.41) is 21.9. The molecule has 0 saturated carbocycles. The van der Waals surface area contributed by atoms with Gasteiger partial charge in [0.05, 0.1) is 18.5 Å². The minimum atomic E-state index is -1.10. The van der Waals surface area contributed by atoms with E-state index in [-0.39, 0.29) is 24.7 Å². The number of aromatic carboxylic acids is 1. The lowest BCUT2D eigenvalue weighted by atomic mass is 10.3. The molecule has 1 aromatic heterocycles. The molecule has 0 amide bonds. The van der Waals surface area contributed by atoms with E-state index in [0.717, 1.165) is 0 Å². The van der Waals surface area contributed by atoms with Crippen LogP contribution in [0.4, 0.5) is 0 Å². The van der Waals surface area contributed by atoms with Crippen molar-refractivity contribution >= 4 is 5.97 Å². The molecule has 1 heterocycles. The van der Waals surface area contributed by atoms with Crippen LogP contribution in [0.5, 0.6) is 5.88 Å². The van der Waals surface area contributed by atoms with Gasteiger partial charge in [-0.15, -0.1) is 0 Å². The van der Waals surface area contributed by atoms with Crippen molar-refractivity contribution in [2.45, 2.75) is 6.42 Å². The summed E-state index contributed by atoms with van der Waals surface area (Å²) in [6, 6.07) is 9.12. The van der Waals surface area contributed by atoms with E-state index in [2.05, 4.69) is 5.10 Å². The molecule has 0 unspecified atom stereocenters. The second-order valence-corrected chi connectivity index (χ2v) is 3.84. The molecule has 0 radical (unpaired) electrons. The third-order valence-electron chi connectivity index (χ3n) is 2.50. The summed E-state index contributed by atoms with van der Waals surface area (Å²) in [4.78, 5) is 11.1. The molecule has 0 saturated heterocycles. The number of ether oxygens (including phenoxy) is 1. The molecule has 2 rings (SSSR count). The molecule has 1 aromatic carbocycles. The van der Waals surface area contributed by atoms with E-state index >= 15 is 0 Å². The number of hydrogen-bond acceptors (Lipinski definition) is 4. The first-order chi connectivity index (χ1) is 9.24. The molecule has 0 atom stereocenters. The monoisotopic (exact) mass is 262 g/mol. The third-order valence-corrected chi connectivity index (χ3v) is 2.50. The number of carboxylic acids is 1. The van der Waals surface area contributed by atoms with Gasteiger partial charge in [0.2, 0.25) is 5.88 Å². The van der Waals surface area contributed by atoms with Crippen molar-refractivity contribution in [2.24, 2.45) is 0 Å². The second kappa shape index (κ2) is 6.01. The number of para-hydroxylation sites is 1. The molecular formula is C13H14N2O4. The van der Waals surface area contributed by atoms with Crippen molar-refractivity contribution in [1.82, 2.24) is 9.78 Å². The van der Waals surface area contributed by atoms with Gasteiger partial charge in [0, 0.05) is 13.0 Å². The van der Waals surface area contributed by atoms with Gasteiger partial charge in [-0.25, -0.2) is 9.48 Å². The Morgan fingerprint density at radius 2 is 2.05 bits per heavy atom. The van der Waals surface area contributed by atoms with Gasteiger partial charge in [-0.05, 0) is 12.1 Å². The van der Waals surface area contributed by atoms with Crippen LogP contribution < -0.4 is 4.74 Å². The molecule has 0 spiro atoms. The Bertz CT molecular complexity index is 551. The van der Waals surface area contributed by atoms with E-state index in [9.17, 15) is 4.79 Å². The number of nitrogens with zero attached hydrogens (tertiary/aromatic N) is 2. The smallest absolute Gasteiger partial charge is 0.342 e. The van der Waals surface area contributed by atoms with Crippen molar-refractivity contribution in [3.8, 4) is 11.6 Å². The first-order valence-electron chi connectivity index (χ1n) is 5.84. The second-order valence-electron chi connectivity index (χ2n) is 3.84. The fourth-order valence-corrected chi connectivity index (χ4v) is 1.61. The predicted molar refractivity (Wildman–Crippen MR) is 67.7 cm³/mol. The minimum absolute atomic E-state index is 0.00166. The molecule has 0 bridgehead atoms. The number of aliphatic hydroxyl groups excluding tert-OH is 1. The van der Waals surface area contributed by atoms with Gasteiger partial charge in [-0.3, -0.25) is 0 Å². The molecule has 0 aliphatic carbocycles. The average molecular weight is 262 g/mol. The summed E-state index contributed by atoms with van der Waals surface area (Å²) < 4.78 is 6.86. The molecule has 100 valence electrons. The van der Waals surface area contributed by atoms with E-state index in [4.69, 9.17) is 14.9 Å². The number of carbonyl (C=O) groups is 1. The number of aliphatic hydroxyl groups is 1. The lowest BCUT2D eigenvalue weighted by Crippen LogP contribution is -2.08. The van der Waals surface area contributed by atoms with E-state index in [1.54, 1.807) is 12.1 Å². The molecular weight excluding hydrogens is 248 g/mol. The van der Waals surface area contributed by atoms with Gasteiger partial charge in [0.15, 0.2) is 0 Å². The highest BCUT2D eigenvalue weighted by atomic mass is 16.5. The lowest BCUT2D eigenvalue weighted by molar-refractivity contribution is 0.0691. The maximum absolute atomic E-state index is 11.1. The van der Waals surface area contributed by atoms with Gasteiger partial charge >= 0.3 is 5.97 Å². The van der Waals surface area contributed by atoms with Crippen molar-refractivity contribution in [1.29, 1.82) is 0 Å². The minimum Gasteiger partial charge on any atom is -0.477 e. The largest absolute Gasteiger partial charge is 0.477 e. The standard InChI is InChI=1S/C13H14N2O4/c16-7-4-8-19-12-11(13(17)18)9-14-15(12)10-5-2-1-3-6-10/h1-3,5-6,9,16H,4,7-8H2,(H,17,18). The number of hydrogen-bond donors (Lipinski definition) is 2. The van der Waals surface area contributed by atoms with Crippen LogP contribution in [-0.4, -0.2) is 39.2 Å². The van der Waals surface area contributed by atoms with Crippen molar-refractivity contribution in [3.05, 3.63) is 42.1 Å². The first kappa shape index (κ1) is 13.1. The summed E-state index contributed by atoms with van der Waals surface area (Å²) in [6.07, 6.45) is 1.68. The van der Waals surface area contributed by atoms with E-state index in [1.807, 2.05) is 18.2 Å². The highest BCUT2D eigenvalue weighted by Gasteiger charge is 2.19. The van der Waals surface area contributed by atoms with Crippen LogP contribution in [0.25, 0.3) is 5.69 Å². The fourth-order valence-electron chi connectivity index (χ4n) is 1.61. The predicted octanol–water partition coefficient (Wildman–Crippen LogP) is 1.33. The Hall–Kier alpha value is -2.34. The number of rotatable bonds is 6. The Labute approximate surface area is 109 Å². The van der Waals surface area contributed by atoms with Gasteiger partial charge < -0.3 is 14.9 Å². The summed E-state index contributed by atoms with van der Waals surface area (Å²) in [6.45, 7) is 0.219. The van der Waals surface area contributed by atoms with Crippen LogP contribution in [0.2, 0.25) is 0 Å². The number of benzene rings is 1. The highest BCUT2D eigenvalue weighted by molar-refractivity contribution is 5.90. The third kappa shape index (κ3) is 2.92. The quantitative estimate of drug-likeness (QED) is 0.767. The Morgan fingerprint density at radius 3 is 2.68 bits per heavy atom. The summed E-state index contributed by atoms with van der Waals surface area (Å²) in [5.41, 5.74) is 0.718. The maximum Gasteiger partial charge on any atom is 0.342 e. The van der Waals surface area contributed by atoms with E-state index in [1.165, 1.54) is 10.9 Å². The molecule has 6 nitrogen and oxygen atoms in total.